The van der Waals surface area contributed by atoms with Gasteiger partial charge in [-0.2, -0.15) is 0 Å². The normalized spacial score (nSPS) is 25.3. The zero-order valence-electron chi connectivity index (χ0n) is 26.9. The van der Waals surface area contributed by atoms with Crippen LogP contribution in [0.1, 0.15) is 71.8 Å². The molecule has 13 nitrogen and oxygen atoms in total. The van der Waals surface area contributed by atoms with E-state index in [-0.39, 0.29) is 32.0 Å². The van der Waals surface area contributed by atoms with Crippen LogP contribution in [0.2, 0.25) is 0 Å². The first kappa shape index (κ1) is 33.4. The number of carbonyl (C=O) groups excluding carboxylic acids is 5. The predicted molar refractivity (Wildman–Crippen MR) is 167 cm³/mol. The van der Waals surface area contributed by atoms with Crippen LogP contribution >= 0.6 is 0 Å². The summed E-state index contributed by atoms with van der Waals surface area (Å²) in [5.41, 5.74) is 2.69. The molecule has 1 spiro atoms. The van der Waals surface area contributed by atoms with E-state index < -0.39 is 64.8 Å². The summed E-state index contributed by atoms with van der Waals surface area (Å²) in [5.74, 6) is -2.52. The number of likely N-dealkylation sites (tertiary alicyclic amines) is 1. The van der Waals surface area contributed by atoms with E-state index in [4.69, 9.17) is 14.3 Å². The number of hydrogen-bond donors (Lipinski definition) is 4. The van der Waals surface area contributed by atoms with Gasteiger partial charge in [-0.25, -0.2) is 4.79 Å². The maximum atomic E-state index is 14.4. The lowest BCUT2D eigenvalue weighted by Gasteiger charge is -2.35. The quantitative estimate of drug-likeness (QED) is 0.265. The van der Waals surface area contributed by atoms with Gasteiger partial charge >= 0.3 is 6.09 Å². The summed E-state index contributed by atoms with van der Waals surface area (Å²) >= 11 is 0. The molecule has 13 heteroatoms. The third-order valence-corrected chi connectivity index (χ3v) is 8.68. The van der Waals surface area contributed by atoms with Crippen LogP contribution < -0.4 is 21.4 Å². The van der Waals surface area contributed by atoms with E-state index in [2.05, 4.69) is 21.4 Å². The number of ketones is 1. The number of nitrogens with zero attached hydrogens (tertiary/aromatic N) is 1. The Balaban J connectivity index is 1.40. The van der Waals surface area contributed by atoms with Crippen LogP contribution in [0.15, 0.2) is 36.4 Å². The molecule has 46 heavy (non-hydrogen) atoms. The van der Waals surface area contributed by atoms with Crippen molar-refractivity contribution in [1.82, 2.24) is 26.3 Å². The summed E-state index contributed by atoms with van der Waals surface area (Å²) in [6, 6.07) is 6.33. The molecular weight excluding hydrogens is 594 g/mol. The van der Waals surface area contributed by atoms with E-state index in [1.165, 1.54) is 4.90 Å². The number of carbonyl (C=O) groups is 5. The fourth-order valence-corrected chi connectivity index (χ4v) is 5.97. The number of amides is 4. The second-order valence-corrected chi connectivity index (χ2v) is 13.7. The molecule has 4 amide bonds. The molecule has 1 aromatic carbocycles. The Kier molecular flexibility index (Phi) is 10.0. The van der Waals surface area contributed by atoms with Crippen LogP contribution in [-0.4, -0.2) is 90.1 Å². The summed E-state index contributed by atoms with van der Waals surface area (Å²) < 4.78 is 10.8. The van der Waals surface area contributed by atoms with Crippen molar-refractivity contribution in [3.05, 3.63) is 42.0 Å². The molecule has 1 aliphatic carbocycles. The lowest BCUT2D eigenvalue weighted by molar-refractivity contribution is -0.144. The highest BCUT2D eigenvalue weighted by molar-refractivity contribution is 6.38. The lowest BCUT2D eigenvalue weighted by atomic mass is 9.85. The van der Waals surface area contributed by atoms with Crippen molar-refractivity contribution >= 4 is 35.3 Å². The number of Topliss-reactive ketones (excluding diaryl/α,β-unsaturated/α-hetero) is 1. The lowest BCUT2D eigenvalue weighted by Crippen LogP contribution is -2.59. The van der Waals surface area contributed by atoms with Crippen LogP contribution in [0.25, 0.3) is 5.70 Å². The van der Waals surface area contributed by atoms with E-state index in [0.717, 1.165) is 18.4 Å². The molecule has 0 unspecified atom stereocenters. The molecule has 3 fully saturated rings. The molecule has 1 aromatic rings. The summed E-state index contributed by atoms with van der Waals surface area (Å²) in [5, 5.41) is 8.20. The minimum Gasteiger partial charge on any atom is -0.444 e. The maximum Gasteiger partial charge on any atom is 0.408 e. The number of hydrogen-bond acceptors (Lipinski definition) is 9. The van der Waals surface area contributed by atoms with Crippen LogP contribution in [0.3, 0.4) is 0 Å². The summed E-state index contributed by atoms with van der Waals surface area (Å²) in [6.45, 7) is 8.07. The van der Waals surface area contributed by atoms with Crippen molar-refractivity contribution in [3.63, 3.8) is 0 Å². The number of benzene rings is 1. The Morgan fingerprint density at radius 1 is 1.09 bits per heavy atom. The van der Waals surface area contributed by atoms with Crippen molar-refractivity contribution in [2.45, 2.75) is 102 Å². The topological polar surface area (TPSA) is 164 Å². The molecule has 250 valence electrons. The Morgan fingerprint density at radius 3 is 2.46 bits per heavy atom. The Morgan fingerprint density at radius 2 is 1.83 bits per heavy atom. The van der Waals surface area contributed by atoms with Gasteiger partial charge in [-0.3, -0.25) is 29.5 Å². The summed E-state index contributed by atoms with van der Waals surface area (Å²) in [6.07, 6.45) is 3.80. The van der Waals surface area contributed by atoms with Crippen molar-refractivity contribution in [3.8, 4) is 0 Å². The van der Waals surface area contributed by atoms with Crippen LogP contribution in [0, 0.1) is 5.41 Å². The van der Waals surface area contributed by atoms with E-state index in [9.17, 15) is 24.0 Å². The van der Waals surface area contributed by atoms with Gasteiger partial charge < -0.3 is 30.3 Å². The van der Waals surface area contributed by atoms with Crippen LogP contribution in [0.4, 0.5) is 4.79 Å². The zero-order valence-corrected chi connectivity index (χ0v) is 26.9. The molecular formula is C33H45N5O8. The van der Waals surface area contributed by atoms with Gasteiger partial charge in [-0.15, -0.1) is 0 Å². The van der Waals surface area contributed by atoms with Crippen molar-refractivity contribution in [1.29, 1.82) is 0 Å². The minimum absolute atomic E-state index is 0.00157. The van der Waals surface area contributed by atoms with Crippen molar-refractivity contribution in [2.24, 2.45) is 5.41 Å². The summed E-state index contributed by atoms with van der Waals surface area (Å²) in [7, 11) is 0. The van der Waals surface area contributed by atoms with Gasteiger partial charge in [0.2, 0.25) is 17.6 Å². The monoisotopic (exact) mass is 639 g/mol. The second-order valence-electron chi connectivity index (χ2n) is 13.7. The third kappa shape index (κ3) is 7.87. The predicted octanol–water partition coefficient (Wildman–Crippen LogP) is 1.96. The van der Waals surface area contributed by atoms with Crippen LogP contribution in [-0.2, 0) is 33.5 Å². The molecule has 4 aliphatic rings. The molecule has 2 saturated heterocycles. The molecule has 3 heterocycles. The number of nitrogens with one attached hydrogen (secondary N) is 4. The third-order valence-electron chi connectivity index (χ3n) is 8.68. The number of rotatable bonds is 11. The average Bonchev–Trinajstić information content (AvgIpc) is 3.37. The first-order chi connectivity index (χ1) is 21.9. The number of ether oxygens (including phenoxy) is 2. The van der Waals surface area contributed by atoms with E-state index in [1.807, 2.05) is 64.1 Å². The molecule has 0 radical (unpaired) electrons. The zero-order chi connectivity index (χ0) is 33.1. The molecule has 5 rings (SSSR count). The fraction of sp³-hybridized carbons (Fsp3) is 0.606. The number of hydroxylamine groups is 1. The van der Waals surface area contributed by atoms with Gasteiger partial charge in [0, 0.05) is 18.9 Å². The average molecular weight is 640 g/mol. The van der Waals surface area contributed by atoms with Gasteiger partial charge in [0.1, 0.15) is 23.8 Å². The second kappa shape index (κ2) is 13.8. The van der Waals surface area contributed by atoms with Gasteiger partial charge in [0.25, 0.3) is 5.91 Å². The Hall–Kier alpha value is -3.97. The van der Waals surface area contributed by atoms with E-state index in [1.54, 1.807) is 0 Å². The van der Waals surface area contributed by atoms with Crippen LogP contribution in [0.5, 0.6) is 0 Å². The summed E-state index contributed by atoms with van der Waals surface area (Å²) in [4.78, 5) is 74.5. The van der Waals surface area contributed by atoms with Crippen molar-refractivity contribution < 1.29 is 38.3 Å². The van der Waals surface area contributed by atoms with E-state index >= 15 is 0 Å². The van der Waals surface area contributed by atoms with E-state index in [0.29, 0.717) is 25.1 Å². The molecule has 0 aromatic heterocycles. The smallest absolute Gasteiger partial charge is 0.408 e. The molecule has 5 atom stereocenters. The van der Waals surface area contributed by atoms with Gasteiger partial charge in [-0.05, 0) is 36.3 Å². The first-order valence-corrected chi connectivity index (χ1v) is 16.1. The maximum absolute atomic E-state index is 14.4. The highest BCUT2D eigenvalue weighted by atomic mass is 16.7. The molecule has 1 saturated carbocycles. The first-order valence-electron chi connectivity index (χ1n) is 16.1. The fourth-order valence-electron chi connectivity index (χ4n) is 5.97. The molecule has 0 bridgehead atoms. The van der Waals surface area contributed by atoms with Gasteiger partial charge in [0.15, 0.2) is 0 Å². The molecule has 3 aliphatic heterocycles. The Bertz CT molecular complexity index is 1350. The van der Waals surface area contributed by atoms with Crippen molar-refractivity contribution in [2.75, 3.05) is 19.8 Å². The highest BCUT2D eigenvalue weighted by Crippen LogP contribution is 2.39. The number of alkyl carbamates (subject to hydrolysis) is 1. The van der Waals surface area contributed by atoms with Gasteiger partial charge in [0.05, 0.1) is 31.5 Å². The highest BCUT2D eigenvalue weighted by Gasteiger charge is 2.54. The Labute approximate surface area is 269 Å². The standard InChI is InChI=1S/C33H45N5O8/c1-5-9-23(26(39)29(41)34-21-12-13-21)35-28(40)25-17-33(16-24(37-46-33)20-10-7-6-8-11-20)19-38(25)30(42)27(32(2,3)4)36-31(43)45-22-14-15-44-18-22/h6-8,10-11,16,21-23,25,27,37H,5,9,12-15,17-19H2,1-4H3,(H,34,41)(H,35,40)(H,36,43)/t22-,23-,25-,27+,33-/m0/s1. The largest absolute Gasteiger partial charge is 0.444 e. The minimum atomic E-state index is -1.07. The SMILES string of the molecule is CCC[C@H](NC(=O)[C@@H]1C[C@@]2(C=C(c3ccccc3)NO2)CN1C(=O)[C@@H](NC(=O)O[C@H]1CCOC1)C(C)(C)C)C(=O)C(=O)NC1CC1. The molecule has 4 N–H and O–H groups in total. The van der Waals surface area contributed by atoms with Gasteiger partial charge in [-0.1, -0.05) is 64.4 Å².